The Hall–Kier alpha value is -3.45. The summed E-state index contributed by atoms with van der Waals surface area (Å²) in [5, 5.41) is 11.8. The molecule has 6 rings (SSSR count). The molecule has 0 bridgehead atoms. The van der Waals surface area contributed by atoms with Gasteiger partial charge in [-0.3, -0.25) is 4.90 Å². The van der Waals surface area contributed by atoms with Crippen LogP contribution in [-0.4, -0.2) is 35.0 Å². The number of hydrogen-bond acceptors (Lipinski definition) is 6. The van der Waals surface area contributed by atoms with Crippen molar-refractivity contribution in [1.29, 1.82) is 0 Å². The second kappa shape index (κ2) is 11.7. The number of pyridine rings is 1. The van der Waals surface area contributed by atoms with E-state index in [2.05, 4.69) is 48.0 Å². The number of aromatic nitrogens is 1. The maximum atomic E-state index is 15.1. The second-order valence-corrected chi connectivity index (χ2v) is 12.6. The molecule has 0 spiro atoms. The van der Waals surface area contributed by atoms with Crippen molar-refractivity contribution < 1.29 is 23.8 Å². The van der Waals surface area contributed by atoms with E-state index in [4.69, 9.17) is 9.47 Å². The third-order valence-corrected chi connectivity index (χ3v) is 9.78. The van der Waals surface area contributed by atoms with Crippen LogP contribution in [0.3, 0.4) is 0 Å². The molecule has 7 heteroatoms. The van der Waals surface area contributed by atoms with Crippen molar-refractivity contribution in [2.24, 2.45) is 11.8 Å². The Bertz CT molecular complexity index is 1460. The fourth-order valence-electron chi connectivity index (χ4n) is 7.10. The molecule has 2 aliphatic heterocycles. The highest BCUT2D eigenvalue weighted by atomic mass is 19.1. The van der Waals surface area contributed by atoms with Crippen LogP contribution in [0.2, 0.25) is 0 Å². The summed E-state index contributed by atoms with van der Waals surface area (Å²) < 4.78 is 27.1. The van der Waals surface area contributed by atoms with Crippen LogP contribution in [0.25, 0.3) is 11.1 Å². The number of halogens is 1. The number of rotatable bonds is 9. The molecule has 2 fully saturated rings. The van der Waals surface area contributed by atoms with Crippen LogP contribution < -0.4 is 14.6 Å². The standard InChI is InChI=1S/C35H41FN2O4/c1-20-5-6-21(2)38(20)19-27-15-25(11-13-28(27)29-17-33(41-4)37-18-30(29)36)31-14-12-23-7-10-26(16-32(23)42-31)34(24-8-9-24)22(3)35(39)40/h7,10-11,13,15-18,20-22,24,31,34H,5-6,8-9,12,14,19H2,1-4H3,(H,39,40)/p-1/t20-,21+,22-,31?,34-/m0/s1. The van der Waals surface area contributed by atoms with E-state index in [0.29, 0.717) is 36.0 Å². The Morgan fingerprint density at radius 2 is 1.83 bits per heavy atom. The number of hydrogen-bond donors (Lipinski definition) is 0. The van der Waals surface area contributed by atoms with E-state index in [1.54, 1.807) is 13.0 Å². The number of aliphatic carboxylic acids is 1. The Morgan fingerprint density at radius 3 is 2.52 bits per heavy atom. The van der Waals surface area contributed by atoms with Gasteiger partial charge in [-0.25, -0.2) is 9.37 Å². The number of aryl methyl sites for hydroxylation is 1. The largest absolute Gasteiger partial charge is 0.550 e. The Kier molecular flexibility index (Phi) is 7.97. The fourth-order valence-corrected chi connectivity index (χ4v) is 7.10. The molecule has 3 aromatic rings. The first-order chi connectivity index (χ1) is 20.2. The van der Waals surface area contributed by atoms with Crippen LogP contribution >= 0.6 is 0 Å². The molecule has 2 aromatic carbocycles. The smallest absolute Gasteiger partial charge is 0.213 e. The summed E-state index contributed by atoms with van der Waals surface area (Å²) in [4.78, 5) is 18.3. The summed E-state index contributed by atoms with van der Waals surface area (Å²) in [5.74, 6) is -0.394. The van der Waals surface area contributed by atoms with Crippen LogP contribution in [0, 0.1) is 17.7 Å². The van der Waals surface area contributed by atoms with Crippen LogP contribution in [0.1, 0.15) is 87.2 Å². The highest BCUT2D eigenvalue weighted by molar-refractivity contribution is 5.70. The highest BCUT2D eigenvalue weighted by Gasteiger charge is 2.37. The van der Waals surface area contributed by atoms with Crippen molar-refractivity contribution in [3.05, 3.63) is 76.7 Å². The number of carboxylic acids is 1. The summed E-state index contributed by atoms with van der Waals surface area (Å²) >= 11 is 0. The summed E-state index contributed by atoms with van der Waals surface area (Å²) in [6.45, 7) is 7.00. The molecule has 1 unspecified atom stereocenters. The average molecular weight is 572 g/mol. The Labute approximate surface area is 247 Å². The molecule has 3 heterocycles. The zero-order valence-electron chi connectivity index (χ0n) is 24.9. The van der Waals surface area contributed by atoms with Gasteiger partial charge in [0.05, 0.1) is 13.3 Å². The molecule has 42 heavy (non-hydrogen) atoms. The minimum Gasteiger partial charge on any atom is -0.550 e. The third-order valence-electron chi connectivity index (χ3n) is 9.78. The predicted molar refractivity (Wildman–Crippen MR) is 158 cm³/mol. The third kappa shape index (κ3) is 5.63. The number of fused-ring (bicyclic) bond motifs is 1. The van der Waals surface area contributed by atoms with Gasteiger partial charge >= 0.3 is 0 Å². The number of carbonyl (C=O) groups excluding carboxylic acids is 1. The van der Waals surface area contributed by atoms with Gasteiger partial charge in [-0.15, -0.1) is 0 Å². The van der Waals surface area contributed by atoms with Crippen molar-refractivity contribution in [3.63, 3.8) is 0 Å². The lowest BCUT2D eigenvalue weighted by Crippen LogP contribution is -2.34. The zero-order chi connectivity index (χ0) is 29.5. The summed E-state index contributed by atoms with van der Waals surface area (Å²) in [6.07, 6.45) is 7.18. The maximum absolute atomic E-state index is 15.1. The number of carbonyl (C=O) groups is 1. The molecule has 5 atom stereocenters. The number of nitrogens with zero attached hydrogens (tertiary/aromatic N) is 2. The minimum atomic E-state index is -0.999. The highest BCUT2D eigenvalue weighted by Crippen LogP contribution is 2.48. The van der Waals surface area contributed by atoms with Gasteiger partial charge in [0.25, 0.3) is 0 Å². The first-order valence-corrected chi connectivity index (χ1v) is 15.3. The van der Waals surface area contributed by atoms with Crippen LogP contribution in [-0.2, 0) is 17.8 Å². The number of carboxylic acid groups (broad SMARTS) is 1. The van der Waals surface area contributed by atoms with Gasteiger partial charge in [0, 0.05) is 42.1 Å². The topological polar surface area (TPSA) is 74.7 Å². The van der Waals surface area contributed by atoms with Gasteiger partial charge < -0.3 is 19.4 Å². The summed E-state index contributed by atoms with van der Waals surface area (Å²) in [6, 6.07) is 15.1. The number of methoxy groups -OCH3 is 1. The van der Waals surface area contributed by atoms with E-state index in [9.17, 15) is 9.90 Å². The maximum Gasteiger partial charge on any atom is 0.213 e. The van der Waals surface area contributed by atoms with E-state index >= 15 is 4.39 Å². The normalized spacial score (nSPS) is 23.6. The lowest BCUT2D eigenvalue weighted by atomic mass is 9.82. The van der Waals surface area contributed by atoms with E-state index in [1.807, 2.05) is 12.1 Å². The van der Waals surface area contributed by atoms with Crippen molar-refractivity contribution in [3.8, 4) is 22.8 Å². The van der Waals surface area contributed by atoms with Gasteiger partial charge in [-0.1, -0.05) is 37.3 Å². The monoisotopic (exact) mass is 571 g/mol. The van der Waals surface area contributed by atoms with Crippen LogP contribution in [0.4, 0.5) is 4.39 Å². The van der Waals surface area contributed by atoms with Crippen molar-refractivity contribution in [1.82, 2.24) is 9.88 Å². The first-order valence-electron chi connectivity index (χ1n) is 15.3. The molecule has 1 aromatic heterocycles. The lowest BCUT2D eigenvalue weighted by molar-refractivity contribution is -0.311. The summed E-state index contributed by atoms with van der Waals surface area (Å²) in [7, 11) is 1.54. The molecule has 0 amide bonds. The van der Waals surface area contributed by atoms with Gasteiger partial charge in [0.2, 0.25) is 5.88 Å². The molecular weight excluding hydrogens is 531 g/mol. The van der Waals surface area contributed by atoms with E-state index in [0.717, 1.165) is 72.1 Å². The van der Waals surface area contributed by atoms with Gasteiger partial charge in [0.15, 0.2) is 0 Å². The zero-order valence-corrected chi connectivity index (χ0v) is 24.9. The quantitative estimate of drug-likeness (QED) is 0.304. The van der Waals surface area contributed by atoms with E-state index < -0.39 is 11.9 Å². The van der Waals surface area contributed by atoms with Crippen LogP contribution in [0.15, 0.2) is 48.7 Å². The number of ether oxygens (including phenoxy) is 2. The minimum absolute atomic E-state index is 0.0631. The van der Waals surface area contributed by atoms with Gasteiger partial charge in [0.1, 0.15) is 17.7 Å². The number of benzene rings is 2. The fraction of sp³-hybridized carbons (Fsp3) is 0.486. The molecule has 6 nitrogen and oxygen atoms in total. The Balaban J connectivity index is 1.33. The average Bonchev–Trinajstić information content (AvgIpc) is 3.78. The number of likely N-dealkylation sites (tertiary alicyclic amines) is 1. The molecule has 1 aliphatic carbocycles. The SMILES string of the molecule is COc1cc(-c2ccc(C3CCc4ccc([C@H](C5CC5)[C@H](C)C(=O)[O-])cc4O3)cc2CN2[C@H](C)CC[C@@H]2C)c(F)cn1. The predicted octanol–water partition coefficient (Wildman–Crippen LogP) is 6.22. The van der Waals surface area contributed by atoms with Crippen LogP contribution in [0.5, 0.6) is 11.6 Å². The Morgan fingerprint density at radius 1 is 1.07 bits per heavy atom. The molecule has 0 radical (unpaired) electrons. The molecular formula is C35H40FN2O4-. The molecule has 1 saturated carbocycles. The van der Waals surface area contributed by atoms with Crippen molar-refractivity contribution in [2.75, 3.05) is 7.11 Å². The lowest BCUT2D eigenvalue weighted by Gasteiger charge is -2.31. The second-order valence-electron chi connectivity index (χ2n) is 12.6. The first kappa shape index (κ1) is 28.7. The molecule has 3 aliphatic rings. The van der Waals surface area contributed by atoms with Gasteiger partial charge in [-0.2, -0.15) is 0 Å². The van der Waals surface area contributed by atoms with Crippen molar-refractivity contribution >= 4 is 5.97 Å². The molecule has 1 saturated heterocycles. The van der Waals surface area contributed by atoms with E-state index in [-0.39, 0.29) is 17.8 Å². The molecule has 222 valence electrons. The summed E-state index contributed by atoms with van der Waals surface area (Å²) in [5.41, 5.74) is 5.60. The molecule has 0 N–H and O–H groups in total. The van der Waals surface area contributed by atoms with E-state index in [1.165, 1.54) is 13.3 Å². The van der Waals surface area contributed by atoms with Gasteiger partial charge in [-0.05, 0) is 98.1 Å². The van der Waals surface area contributed by atoms with Crippen molar-refractivity contribution in [2.45, 2.75) is 89.9 Å².